The van der Waals surface area contributed by atoms with Crippen molar-refractivity contribution in [2.75, 3.05) is 0 Å². The van der Waals surface area contributed by atoms with Crippen LogP contribution in [0.5, 0.6) is 5.75 Å². The topological polar surface area (TPSA) is 37.7 Å². The lowest BCUT2D eigenvalue weighted by Crippen LogP contribution is -2.48. The van der Waals surface area contributed by atoms with E-state index in [0.717, 1.165) is 39.0 Å². The van der Waals surface area contributed by atoms with Gasteiger partial charge in [0.2, 0.25) is 5.72 Å². The number of aromatic nitrogens is 1. The molecule has 0 amide bonds. The Kier molecular flexibility index (Phi) is 4.15. The number of pyridine rings is 1. The van der Waals surface area contributed by atoms with Crippen molar-refractivity contribution >= 4 is 32.4 Å². The predicted octanol–water partition coefficient (Wildman–Crippen LogP) is 6.41. The average Bonchev–Trinajstić information content (AvgIpc) is 3.27. The van der Waals surface area contributed by atoms with Gasteiger partial charge in [0.05, 0.1) is 11.8 Å². The summed E-state index contributed by atoms with van der Waals surface area (Å²) in [5.41, 5.74) is 3.70. The quantitative estimate of drug-likeness (QED) is 0.340. The van der Waals surface area contributed by atoms with Crippen LogP contribution in [0.4, 0.5) is 0 Å². The van der Waals surface area contributed by atoms with Gasteiger partial charge in [-0.25, -0.2) is 5.01 Å². The monoisotopic (exact) mass is 469 g/mol. The average molecular weight is 470 g/mol. The first kappa shape index (κ1) is 18.6. The molecule has 0 fully saturated rings. The van der Waals surface area contributed by atoms with E-state index in [4.69, 9.17) is 9.84 Å². The third-order valence-electron chi connectivity index (χ3n) is 6.29. The smallest absolute Gasteiger partial charge is 0.221 e. The SMILES string of the molecule is C[C@@]1(c2ccncc2)Oc2ccc(Br)cc2[C@H]2CC(c3ccc4ccccc4c3)=NN21. The lowest BCUT2D eigenvalue weighted by Gasteiger charge is -2.46. The van der Waals surface area contributed by atoms with E-state index in [-0.39, 0.29) is 6.04 Å². The number of hydrogen-bond donors (Lipinski definition) is 0. The Morgan fingerprint density at radius 2 is 1.77 bits per heavy atom. The Morgan fingerprint density at radius 3 is 2.61 bits per heavy atom. The highest BCUT2D eigenvalue weighted by Crippen LogP contribution is 2.50. The van der Waals surface area contributed by atoms with E-state index in [1.165, 1.54) is 10.8 Å². The molecular weight excluding hydrogens is 450 g/mol. The third kappa shape index (κ3) is 2.95. The van der Waals surface area contributed by atoms with Gasteiger partial charge in [-0.05, 0) is 52.7 Å². The summed E-state index contributed by atoms with van der Waals surface area (Å²) < 4.78 is 7.64. The van der Waals surface area contributed by atoms with E-state index in [2.05, 4.69) is 81.4 Å². The molecule has 0 saturated carbocycles. The second-order valence-electron chi connectivity index (χ2n) is 8.18. The van der Waals surface area contributed by atoms with E-state index in [1.807, 2.05) is 24.3 Å². The second kappa shape index (κ2) is 6.92. The van der Waals surface area contributed by atoms with E-state index >= 15 is 0 Å². The lowest BCUT2D eigenvalue weighted by molar-refractivity contribution is -0.112. The van der Waals surface area contributed by atoms with E-state index in [9.17, 15) is 0 Å². The molecule has 4 nitrogen and oxygen atoms in total. The third-order valence-corrected chi connectivity index (χ3v) is 6.78. The Hall–Kier alpha value is -3.18. The van der Waals surface area contributed by atoms with Gasteiger partial charge in [-0.1, -0.05) is 52.3 Å². The van der Waals surface area contributed by atoms with Crippen molar-refractivity contribution in [1.29, 1.82) is 0 Å². The van der Waals surface area contributed by atoms with Crippen LogP contribution in [0.25, 0.3) is 10.8 Å². The van der Waals surface area contributed by atoms with Crippen LogP contribution in [0.15, 0.2) is 94.8 Å². The van der Waals surface area contributed by atoms with Crippen LogP contribution in [0.1, 0.15) is 36.1 Å². The van der Waals surface area contributed by atoms with Gasteiger partial charge in [0, 0.05) is 41.3 Å². The van der Waals surface area contributed by atoms with Crippen molar-refractivity contribution in [2.24, 2.45) is 5.10 Å². The minimum atomic E-state index is -0.715. The van der Waals surface area contributed by atoms with E-state index < -0.39 is 5.72 Å². The van der Waals surface area contributed by atoms with Crippen molar-refractivity contribution in [3.8, 4) is 5.75 Å². The minimum Gasteiger partial charge on any atom is -0.462 e. The van der Waals surface area contributed by atoms with Gasteiger partial charge in [0.1, 0.15) is 5.75 Å². The number of hydrogen-bond acceptors (Lipinski definition) is 4. The number of benzene rings is 3. The summed E-state index contributed by atoms with van der Waals surface area (Å²) in [7, 11) is 0. The van der Waals surface area contributed by atoms with Crippen LogP contribution in [0, 0.1) is 0 Å². The predicted molar refractivity (Wildman–Crippen MR) is 126 cm³/mol. The summed E-state index contributed by atoms with van der Waals surface area (Å²) in [6, 6.07) is 25.4. The summed E-state index contributed by atoms with van der Waals surface area (Å²) >= 11 is 3.63. The maximum atomic E-state index is 6.60. The van der Waals surface area contributed by atoms with Gasteiger partial charge in [-0.15, -0.1) is 0 Å². The zero-order valence-corrected chi connectivity index (χ0v) is 18.6. The maximum absolute atomic E-state index is 6.60. The zero-order chi connectivity index (χ0) is 21.0. The number of nitrogens with zero attached hydrogens (tertiary/aromatic N) is 3. The Labute approximate surface area is 189 Å². The van der Waals surface area contributed by atoms with Crippen LogP contribution in [0.2, 0.25) is 0 Å². The first-order chi connectivity index (χ1) is 15.1. The Bertz CT molecular complexity index is 1340. The molecule has 0 spiro atoms. The molecule has 31 heavy (non-hydrogen) atoms. The van der Waals surface area contributed by atoms with Crippen LogP contribution in [-0.2, 0) is 5.72 Å². The number of rotatable bonds is 2. The van der Waals surface area contributed by atoms with Gasteiger partial charge >= 0.3 is 0 Å². The fourth-order valence-corrected chi connectivity index (χ4v) is 5.05. The van der Waals surface area contributed by atoms with Gasteiger partial charge in [-0.2, -0.15) is 5.10 Å². The molecular formula is C26H20BrN3O. The Morgan fingerprint density at radius 1 is 0.968 bits per heavy atom. The summed E-state index contributed by atoms with van der Waals surface area (Å²) in [6.45, 7) is 2.09. The fraction of sp³-hybridized carbons (Fsp3) is 0.154. The number of halogens is 1. The van der Waals surface area contributed by atoms with Crippen molar-refractivity contribution in [2.45, 2.75) is 25.1 Å². The molecule has 0 saturated heterocycles. The largest absolute Gasteiger partial charge is 0.462 e. The number of fused-ring (bicyclic) bond motifs is 4. The molecule has 0 bridgehead atoms. The summed E-state index contributed by atoms with van der Waals surface area (Å²) in [5, 5.41) is 9.72. The first-order valence-corrected chi connectivity index (χ1v) is 11.2. The zero-order valence-electron chi connectivity index (χ0n) is 17.0. The van der Waals surface area contributed by atoms with E-state index in [0.29, 0.717) is 0 Å². The van der Waals surface area contributed by atoms with Crippen molar-refractivity contribution in [1.82, 2.24) is 9.99 Å². The summed E-state index contributed by atoms with van der Waals surface area (Å²) in [6.07, 6.45) is 4.44. The second-order valence-corrected chi connectivity index (χ2v) is 9.09. The number of hydrazone groups is 1. The summed E-state index contributed by atoms with van der Waals surface area (Å²) in [4.78, 5) is 4.19. The standard InChI is InChI=1S/C26H20BrN3O/c1-26(20-10-12-28-13-11-20)30-24(22-15-21(27)8-9-25(22)31-26)16-23(29-30)19-7-6-17-4-2-3-5-18(17)14-19/h2-15,24H,16H2,1H3/t24-,26+/m1/s1. The van der Waals surface area contributed by atoms with Gasteiger partial charge in [0.25, 0.3) is 0 Å². The molecule has 3 aromatic carbocycles. The molecule has 0 N–H and O–H groups in total. The highest BCUT2D eigenvalue weighted by atomic mass is 79.9. The van der Waals surface area contributed by atoms with Crippen LogP contribution < -0.4 is 4.74 Å². The molecule has 4 aromatic rings. The molecule has 2 aliphatic heterocycles. The molecule has 152 valence electrons. The molecule has 0 radical (unpaired) electrons. The number of ether oxygens (including phenoxy) is 1. The minimum absolute atomic E-state index is 0.0980. The highest BCUT2D eigenvalue weighted by molar-refractivity contribution is 9.10. The first-order valence-electron chi connectivity index (χ1n) is 10.4. The van der Waals surface area contributed by atoms with Gasteiger partial charge < -0.3 is 4.74 Å². The normalized spacial score (nSPS) is 21.9. The fourth-order valence-electron chi connectivity index (χ4n) is 4.67. The molecule has 0 aliphatic carbocycles. The maximum Gasteiger partial charge on any atom is 0.221 e. The van der Waals surface area contributed by atoms with Gasteiger partial charge in [-0.3, -0.25) is 4.98 Å². The molecule has 2 aliphatic rings. The van der Waals surface area contributed by atoms with Crippen LogP contribution in [0.3, 0.4) is 0 Å². The molecule has 3 heterocycles. The highest BCUT2D eigenvalue weighted by Gasteiger charge is 2.48. The molecule has 5 heteroatoms. The molecule has 1 aromatic heterocycles. The molecule has 0 unspecified atom stereocenters. The van der Waals surface area contributed by atoms with Crippen molar-refractivity contribution in [3.05, 3.63) is 106 Å². The van der Waals surface area contributed by atoms with Crippen LogP contribution in [-0.4, -0.2) is 15.7 Å². The van der Waals surface area contributed by atoms with E-state index in [1.54, 1.807) is 12.4 Å². The van der Waals surface area contributed by atoms with Crippen LogP contribution >= 0.6 is 15.9 Å². The molecule has 2 atom stereocenters. The summed E-state index contributed by atoms with van der Waals surface area (Å²) in [5.74, 6) is 0.902. The van der Waals surface area contributed by atoms with Gasteiger partial charge in [0.15, 0.2) is 0 Å². The van der Waals surface area contributed by atoms with Crippen molar-refractivity contribution in [3.63, 3.8) is 0 Å². The van der Waals surface area contributed by atoms with Crippen molar-refractivity contribution < 1.29 is 4.74 Å². The Balaban J connectivity index is 1.50. The molecule has 6 rings (SSSR count). The lowest BCUT2D eigenvalue weighted by atomic mass is 9.92.